The van der Waals surface area contributed by atoms with Crippen molar-refractivity contribution in [2.75, 3.05) is 49.3 Å². The van der Waals surface area contributed by atoms with Crippen molar-refractivity contribution in [1.82, 2.24) is 4.90 Å². The maximum Gasteiger partial charge on any atom is 0.337 e. The molecule has 39 heavy (non-hydrogen) atoms. The summed E-state index contributed by atoms with van der Waals surface area (Å²) in [5.41, 5.74) is 5.09. The zero-order valence-electron chi connectivity index (χ0n) is 22.8. The van der Waals surface area contributed by atoms with Crippen LogP contribution < -0.4 is 15.5 Å². The zero-order valence-corrected chi connectivity index (χ0v) is 22.8. The monoisotopic (exact) mass is 526 g/mol. The minimum atomic E-state index is -0.470. The Morgan fingerprint density at radius 2 is 1.62 bits per heavy atom. The van der Waals surface area contributed by atoms with Crippen LogP contribution in [0.25, 0.3) is 11.3 Å². The molecule has 0 saturated carbocycles. The molecule has 1 aliphatic heterocycles. The number of hydrogen-bond donors (Lipinski definition) is 2. The third kappa shape index (κ3) is 6.18. The van der Waals surface area contributed by atoms with Crippen LogP contribution in [-0.4, -0.2) is 56.5 Å². The van der Waals surface area contributed by atoms with E-state index in [4.69, 9.17) is 4.74 Å². The van der Waals surface area contributed by atoms with Crippen LogP contribution in [0.3, 0.4) is 0 Å². The van der Waals surface area contributed by atoms with Crippen LogP contribution in [0.5, 0.6) is 0 Å². The minimum absolute atomic E-state index is 0.0558. The van der Waals surface area contributed by atoms with Gasteiger partial charge in [0.2, 0.25) is 5.91 Å². The van der Waals surface area contributed by atoms with Crippen LogP contribution in [0.4, 0.5) is 17.1 Å². The highest BCUT2D eigenvalue weighted by Gasteiger charge is 2.29. The number of methoxy groups -OCH3 is 1. The van der Waals surface area contributed by atoms with Crippen LogP contribution in [-0.2, 0) is 14.3 Å². The van der Waals surface area contributed by atoms with Gasteiger partial charge in [0, 0.05) is 37.0 Å². The number of ether oxygens (including phenoxy) is 1. The molecule has 0 bridgehead atoms. The maximum absolute atomic E-state index is 13.2. The maximum atomic E-state index is 13.2. The van der Waals surface area contributed by atoms with Crippen LogP contribution in [0, 0.1) is 0 Å². The molecule has 1 aliphatic rings. The van der Waals surface area contributed by atoms with Crippen molar-refractivity contribution in [3.63, 3.8) is 0 Å². The fourth-order valence-electron chi connectivity index (χ4n) is 4.57. The lowest BCUT2D eigenvalue weighted by molar-refractivity contribution is -0.118. The smallest absolute Gasteiger partial charge is 0.337 e. The molecule has 8 nitrogen and oxygen atoms in total. The first-order valence-corrected chi connectivity index (χ1v) is 13.1. The van der Waals surface area contributed by atoms with Gasteiger partial charge in [-0.3, -0.25) is 9.59 Å². The Kier molecular flexibility index (Phi) is 8.78. The molecule has 8 heteroatoms. The predicted octanol–water partition coefficient (Wildman–Crippen LogP) is 5.10. The van der Waals surface area contributed by atoms with Crippen molar-refractivity contribution < 1.29 is 19.1 Å². The number of carbonyl (C=O) groups excluding carboxylic acids is 3. The predicted molar refractivity (Wildman–Crippen MR) is 156 cm³/mol. The van der Waals surface area contributed by atoms with Crippen LogP contribution in [0.2, 0.25) is 0 Å². The Balaban J connectivity index is 1.62. The molecule has 2 amide bonds. The molecule has 0 aliphatic carbocycles. The van der Waals surface area contributed by atoms with E-state index in [1.165, 1.54) is 7.11 Å². The average Bonchev–Trinajstić information content (AvgIpc) is 3.30. The molecule has 0 radical (unpaired) electrons. The van der Waals surface area contributed by atoms with Gasteiger partial charge in [-0.15, -0.1) is 0 Å². The van der Waals surface area contributed by atoms with Gasteiger partial charge in [-0.05, 0) is 55.1 Å². The number of fused-ring (bicyclic) bond motifs is 1. The standard InChI is InChI=1S/C31H34N4O4/c1-5-35(6-2)19-18-27(36)34(3)24-15-13-23(14-16-24)32-29(21-10-8-7-9-11-21)28-25-17-12-22(31(38)39-4)20-26(25)33-30(28)37/h7-17,20,32H,5-6,18-19H2,1-4H3,(H,33,37)/b29-28+. The SMILES string of the molecule is CCN(CC)CCC(=O)N(C)c1ccc(N/C(=C2/C(=O)Nc3cc(C(=O)OC)ccc32)c2ccccc2)cc1. The largest absolute Gasteiger partial charge is 0.465 e. The van der Waals surface area contributed by atoms with Crippen LogP contribution >= 0.6 is 0 Å². The molecule has 0 saturated heterocycles. The zero-order chi connectivity index (χ0) is 27.9. The van der Waals surface area contributed by atoms with Gasteiger partial charge in [0.25, 0.3) is 5.91 Å². The first-order chi connectivity index (χ1) is 18.9. The molecule has 0 unspecified atom stereocenters. The quantitative estimate of drug-likeness (QED) is 0.282. The molecule has 3 aromatic rings. The van der Waals surface area contributed by atoms with E-state index in [1.54, 1.807) is 30.1 Å². The van der Waals surface area contributed by atoms with Crippen molar-refractivity contribution in [3.8, 4) is 0 Å². The molecular weight excluding hydrogens is 492 g/mol. The number of rotatable bonds is 10. The second-order valence-electron chi connectivity index (χ2n) is 9.22. The van der Waals surface area contributed by atoms with E-state index in [9.17, 15) is 14.4 Å². The molecule has 3 aromatic carbocycles. The van der Waals surface area contributed by atoms with Gasteiger partial charge in [0.05, 0.1) is 29.6 Å². The Labute approximate surface area is 229 Å². The fourth-order valence-corrected chi connectivity index (χ4v) is 4.57. The lowest BCUT2D eigenvalue weighted by atomic mass is 9.99. The van der Waals surface area contributed by atoms with Gasteiger partial charge in [-0.25, -0.2) is 4.79 Å². The van der Waals surface area contributed by atoms with Crippen molar-refractivity contribution in [2.45, 2.75) is 20.3 Å². The highest BCUT2D eigenvalue weighted by molar-refractivity contribution is 6.37. The van der Waals surface area contributed by atoms with Gasteiger partial charge < -0.3 is 25.2 Å². The van der Waals surface area contributed by atoms with Gasteiger partial charge in [-0.1, -0.05) is 50.2 Å². The van der Waals surface area contributed by atoms with E-state index in [0.29, 0.717) is 34.5 Å². The number of hydrogen-bond acceptors (Lipinski definition) is 6. The Morgan fingerprint density at radius 3 is 2.26 bits per heavy atom. The van der Waals surface area contributed by atoms with E-state index >= 15 is 0 Å². The third-order valence-electron chi connectivity index (χ3n) is 6.93. The highest BCUT2D eigenvalue weighted by Crippen LogP contribution is 2.38. The Bertz CT molecular complexity index is 1380. The topological polar surface area (TPSA) is 91.0 Å². The van der Waals surface area contributed by atoms with E-state index in [-0.39, 0.29) is 11.8 Å². The normalized spacial score (nSPS) is 13.5. The summed E-state index contributed by atoms with van der Waals surface area (Å²) in [4.78, 5) is 41.8. The summed E-state index contributed by atoms with van der Waals surface area (Å²) in [6.45, 7) is 6.75. The number of nitrogens with zero attached hydrogens (tertiary/aromatic N) is 2. The lowest BCUT2D eigenvalue weighted by Crippen LogP contribution is -2.32. The second-order valence-corrected chi connectivity index (χ2v) is 9.22. The highest BCUT2D eigenvalue weighted by atomic mass is 16.5. The number of anilines is 3. The molecule has 0 aromatic heterocycles. The number of esters is 1. The van der Waals surface area contributed by atoms with Gasteiger partial charge in [-0.2, -0.15) is 0 Å². The van der Waals surface area contributed by atoms with E-state index in [2.05, 4.69) is 29.4 Å². The molecule has 2 N–H and O–H groups in total. The molecule has 0 fully saturated rings. The summed E-state index contributed by atoms with van der Waals surface area (Å²) in [5, 5.41) is 6.30. The number of amides is 2. The van der Waals surface area contributed by atoms with Crippen molar-refractivity contribution in [2.24, 2.45) is 0 Å². The average molecular weight is 527 g/mol. The summed E-state index contributed by atoms with van der Waals surface area (Å²) in [5.74, 6) is -0.684. The van der Waals surface area contributed by atoms with Crippen LogP contribution in [0.1, 0.15) is 41.8 Å². The second kappa shape index (κ2) is 12.4. The number of nitrogens with one attached hydrogen (secondary N) is 2. The Hall–Kier alpha value is -4.43. The minimum Gasteiger partial charge on any atom is -0.465 e. The van der Waals surface area contributed by atoms with E-state index < -0.39 is 5.97 Å². The molecule has 0 atom stereocenters. The van der Waals surface area contributed by atoms with Crippen molar-refractivity contribution >= 4 is 46.1 Å². The van der Waals surface area contributed by atoms with Gasteiger partial charge in [0.15, 0.2) is 0 Å². The van der Waals surface area contributed by atoms with Crippen molar-refractivity contribution in [3.05, 3.63) is 89.5 Å². The van der Waals surface area contributed by atoms with Crippen molar-refractivity contribution in [1.29, 1.82) is 0 Å². The van der Waals surface area contributed by atoms with Crippen LogP contribution in [0.15, 0.2) is 72.8 Å². The Morgan fingerprint density at radius 1 is 0.923 bits per heavy atom. The fraction of sp³-hybridized carbons (Fsp3) is 0.258. The molecular formula is C31H34N4O4. The van der Waals surface area contributed by atoms with E-state index in [0.717, 1.165) is 36.6 Å². The summed E-state index contributed by atoms with van der Waals surface area (Å²) in [7, 11) is 3.11. The first-order valence-electron chi connectivity index (χ1n) is 13.1. The summed E-state index contributed by atoms with van der Waals surface area (Å²) in [6.07, 6.45) is 0.453. The molecule has 0 spiro atoms. The molecule has 202 valence electrons. The molecule has 4 rings (SSSR count). The molecule has 1 heterocycles. The number of benzene rings is 3. The lowest BCUT2D eigenvalue weighted by Gasteiger charge is -2.22. The van der Waals surface area contributed by atoms with Gasteiger partial charge >= 0.3 is 5.97 Å². The number of carbonyl (C=O) groups is 3. The van der Waals surface area contributed by atoms with E-state index in [1.807, 2.05) is 54.6 Å². The summed E-state index contributed by atoms with van der Waals surface area (Å²) in [6, 6.07) is 22.2. The van der Waals surface area contributed by atoms with Gasteiger partial charge in [0.1, 0.15) is 0 Å². The first kappa shape index (κ1) is 27.6. The third-order valence-corrected chi connectivity index (χ3v) is 6.93. The summed E-state index contributed by atoms with van der Waals surface area (Å²) >= 11 is 0. The summed E-state index contributed by atoms with van der Waals surface area (Å²) < 4.78 is 4.82.